The van der Waals surface area contributed by atoms with Crippen LogP contribution >= 0.6 is 0 Å². The second kappa shape index (κ2) is 15.0. The standard InChI is InChI=1S/C31H51FO/c1-3-5-7-10-25-13-17-27(18-14-25)28-19-15-26(16-20-28)11-9-23-33-30-22-21-29(31(32)24-30)12-8-6-4-2/h21-22,24-28H,3-20,23H2,1-2H3/t25-,26?,27-,28?. The number of ether oxygens (including phenoxy) is 1. The van der Waals surface area contributed by atoms with Crippen molar-refractivity contribution in [3.63, 3.8) is 0 Å². The molecule has 0 aromatic heterocycles. The molecule has 0 bridgehead atoms. The summed E-state index contributed by atoms with van der Waals surface area (Å²) in [6.07, 6.45) is 24.1. The van der Waals surface area contributed by atoms with Gasteiger partial charge in [-0.15, -0.1) is 0 Å². The molecule has 0 spiro atoms. The number of unbranched alkanes of at least 4 members (excludes halogenated alkanes) is 4. The molecule has 1 nitrogen and oxygen atoms in total. The predicted molar refractivity (Wildman–Crippen MR) is 139 cm³/mol. The van der Waals surface area contributed by atoms with Gasteiger partial charge in [0, 0.05) is 6.07 Å². The second-order valence-corrected chi connectivity index (χ2v) is 11.3. The Hall–Kier alpha value is -1.05. The molecular weight excluding hydrogens is 407 g/mol. The van der Waals surface area contributed by atoms with Crippen LogP contribution in [0.4, 0.5) is 4.39 Å². The lowest BCUT2D eigenvalue weighted by Gasteiger charge is -2.38. The molecule has 1 aromatic rings. The normalized spacial score (nSPS) is 25.8. The smallest absolute Gasteiger partial charge is 0.130 e. The maximum atomic E-state index is 14.3. The van der Waals surface area contributed by atoms with Crippen LogP contribution in [-0.4, -0.2) is 6.61 Å². The van der Waals surface area contributed by atoms with Gasteiger partial charge in [-0.3, -0.25) is 0 Å². The highest BCUT2D eigenvalue weighted by atomic mass is 19.1. The maximum absolute atomic E-state index is 14.3. The van der Waals surface area contributed by atoms with Crippen molar-refractivity contribution in [1.82, 2.24) is 0 Å². The van der Waals surface area contributed by atoms with E-state index in [4.69, 9.17) is 4.74 Å². The van der Waals surface area contributed by atoms with Crippen LogP contribution in [0, 0.1) is 29.5 Å². The Morgan fingerprint density at radius 2 is 1.30 bits per heavy atom. The van der Waals surface area contributed by atoms with Gasteiger partial charge in [-0.05, 0) is 86.7 Å². The van der Waals surface area contributed by atoms with Gasteiger partial charge in [-0.2, -0.15) is 0 Å². The fourth-order valence-corrected chi connectivity index (χ4v) is 6.53. The molecule has 33 heavy (non-hydrogen) atoms. The molecule has 2 saturated carbocycles. The summed E-state index contributed by atoms with van der Waals surface area (Å²) in [5, 5.41) is 0. The summed E-state index contributed by atoms with van der Waals surface area (Å²) < 4.78 is 20.2. The fraction of sp³-hybridized carbons (Fsp3) is 0.806. The van der Waals surface area contributed by atoms with E-state index in [1.54, 1.807) is 6.07 Å². The van der Waals surface area contributed by atoms with E-state index in [-0.39, 0.29) is 5.82 Å². The molecule has 0 radical (unpaired) electrons. The van der Waals surface area contributed by atoms with E-state index in [9.17, 15) is 4.39 Å². The molecule has 0 unspecified atom stereocenters. The molecule has 0 N–H and O–H groups in total. The van der Waals surface area contributed by atoms with E-state index < -0.39 is 0 Å². The van der Waals surface area contributed by atoms with E-state index in [0.717, 1.165) is 55.1 Å². The van der Waals surface area contributed by atoms with Crippen molar-refractivity contribution in [1.29, 1.82) is 0 Å². The molecule has 188 valence electrons. The molecule has 2 aliphatic rings. The van der Waals surface area contributed by atoms with E-state index in [1.807, 2.05) is 12.1 Å². The van der Waals surface area contributed by atoms with Crippen LogP contribution in [-0.2, 0) is 6.42 Å². The number of hydrogen-bond donors (Lipinski definition) is 0. The summed E-state index contributed by atoms with van der Waals surface area (Å²) in [4.78, 5) is 0. The first-order chi connectivity index (χ1) is 16.2. The summed E-state index contributed by atoms with van der Waals surface area (Å²) in [7, 11) is 0. The van der Waals surface area contributed by atoms with Crippen LogP contribution in [0.5, 0.6) is 5.75 Å². The van der Waals surface area contributed by atoms with Crippen molar-refractivity contribution >= 4 is 0 Å². The number of rotatable bonds is 14. The van der Waals surface area contributed by atoms with E-state index in [2.05, 4.69) is 13.8 Å². The van der Waals surface area contributed by atoms with E-state index in [0.29, 0.717) is 5.75 Å². The zero-order valence-electron chi connectivity index (χ0n) is 21.8. The van der Waals surface area contributed by atoms with Gasteiger partial charge in [-0.1, -0.05) is 84.1 Å². The zero-order valence-corrected chi connectivity index (χ0v) is 21.8. The molecule has 2 fully saturated rings. The SMILES string of the molecule is CCCCCc1ccc(OCCCC2CCC([C@H]3CC[C@H](CCCCC)CC3)CC2)cc1F. The Labute approximate surface area is 204 Å². The molecule has 3 rings (SSSR count). The first-order valence-corrected chi connectivity index (χ1v) is 14.6. The highest BCUT2D eigenvalue weighted by Crippen LogP contribution is 2.43. The number of benzene rings is 1. The summed E-state index contributed by atoms with van der Waals surface area (Å²) in [5.41, 5.74) is 0.831. The molecule has 2 aliphatic carbocycles. The van der Waals surface area contributed by atoms with Crippen LogP contribution < -0.4 is 4.74 Å². The number of aryl methyl sites for hydroxylation is 1. The van der Waals surface area contributed by atoms with Crippen molar-refractivity contribution < 1.29 is 9.13 Å². The lowest BCUT2D eigenvalue weighted by molar-refractivity contribution is 0.138. The molecular formula is C31H51FO. The lowest BCUT2D eigenvalue weighted by atomic mass is 9.68. The summed E-state index contributed by atoms with van der Waals surface area (Å²) in [6, 6.07) is 5.46. The zero-order chi connectivity index (χ0) is 23.3. The molecule has 1 aromatic carbocycles. The monoisotopic (exact) mass is 458 g/mol. The Morgan fingerprint density at radius 3 is 1.88 bits per heavy atom. The first-order valence-electron chi connectivity index (χ1n) is 14.6. The van der Waals surface area contributed by atoms with Crippen LogP contribution in [0.2, 0.25) is 0 Å². The summed E-state index contributed by atoms with van der Waals surface area (Å²) in [5.74, 6) is 4.55. The predicted octanol–water partition coefficient (Wildman–Crippen LogP) is 9.91. The number of halogens is 1. The average molecular weight is 459 g/mol. The molecule has 0 atom stereocenters. The van der Waals surface area contributed by atoms with Gasteiger partial charge < -0.3 is 4.74 Å². The Bertz CT molecular complexity index is 640. The van der Waals surface area contributed by atoms with E-state index >= 15 is 0 Å². The van der Waals surface area contributed by atoms with Crippen LogP contribution in [0.1, 0.15) is 129 Å². The summed E-state index contributed by atoms with van der Waals surface area (Å²) >= 11 is 0. The third-order valence-electron chi connectivity index (χ3n) is 8.77. The Morgan fingerprint density at radius 1 is 0.727 bits per heavy atom. The van der Waals surface area contributed by atoms with Crippen LogP contribution in [0.25, 0.3) is 0 Å². The van der Waals surface area contributed by atoms with Crippen molar-refractivity contribution in [2.45, 2.75) is 129 Å². The Kier molecular flexibility index (Phi) is 12.1. The van der Waals surface area contributed by atoms with Crippen molar-refractivity contribution in [2.24, 2.45) is 23.7 Å². The molecule has 0 aliphatic heterocycles. The van der Waals surface area contributed by atoms with Crippen molar-refractivity contribution in [3.05, 3.63) is 29.6 Å². The van der Waals surface area contributed by atoms with Crippen LogP contribution in [0.15, 0.2) is 18.2 Å². The van der Waals surface area contributed by atoms with Gasteiger partial charge in [0.1, 0.15) is 11.6 Å². The second-order valence-electron chi connectivity index (χ2n) is 11.3. The maximum Gasteiger partial charge on any atom is 0.130 e. The quantitative estimate of drug-likeness (QED) is 0.252. The Balaban J connectivity index is 1.26. The van der Waals surface area contributed by atoms with Gasteiger partial charge in [0.25, 0.3) is 0 Å². The van der Waals surface area contributed by atoms with Gasteiger partial charge in [0.05, 0.1) is 6.61 Å². The highest BCUT2D eigenvalue weighted by molar-refractivity contribution is 5.29. The summed E-state index contributed by atoms with van der Waals surface area (Å²) in [6.45, 7) is 5.21. The topological polar surface area (TPSA) is 9.23 Å². The highest BCUT2D eigenvalue weighted by Gasteiger charge is 2.30. The average Bonchev–Trinajstić information content (AvgIpc) is 2.84. The van der Waals surface area contributed by atoms with Crippen molar-refractivity contribution in [3.8, 4) is 5.75 Å². The molecule has 0 amide bonds. The molecule has 0 saturated heterocycles. The van der Waals surface area contributed by atoms with Gasteiger partial charge in [0.15, 0.2) is 0 Å². The van der Waals surface area contributed by atoms with Gasteiger partial charge in [0.2, 0.25) is 0 Å². The molecule has 2 heteroatoms. The molecule has 0 heterocycles. The first kappa shape index (κ1) is 26.6. The third-order valence-corrected chi connectivity index (χ3v) is 8.77. The largest absolute Gasteiger partial charge is 0.493 e. The fourth-order valence-electron chi connectivity index (χ4n) is 6.53. The minimum absolute atomic E-state index is 0.100. The minimum atomic E-state index is -0.100. The van der Waals surface area contributed by atoms with Crippen molar-refractivity contribution in [2.75, 3.05) is 6.61 Å². The van der Waals surface area contributed by atoms with Gasteiger partial charge >= 0.3 is 0 Å². The van der Waals surface area contributed by atoms with Gasteiger partial charge in [-0.25, -0.2) is 4.39 Å². The lowest BCUT2D eigenvalue weighted by Crippen LogP contribution is -2.26. The number of hydrogen-bond acceptors (Lipinski definition) is 1. The van der Waals surface area contributed by atoms with Crippen LogP contribution in [0.3, 0.4) is 0 Å². The van der Waals surface area contributed by atoms with E-state index in [1.165, 1.54) is 96.3 Å². The third kappa shape index (κ3) is 9.25. The minimum Gasteiger partial charge on any atom is -0.493 e.